The number of nitrogens with one attached hydrogen (secondary N) is 2. The molecule has 134 valence electrons. The molecule has 8 heteroatoms. The van der Waals surface area contributed by atoms with Gasteiger partial charge in [0.1, 0.15) is 0 Å². The van der Waals surface area contributed by atoms with E-state index >= 15 is 0 Å². The number of carbonyl (C=O) groups excluding carboxylic acids is 1. The van der Waals surface area contributed by atoms with Crippen LogP contribution in [0.5, 0.6) is 0 Å². The molecule has 8 nitrogen and oxygen atoms in total. The molecule has 2 rings (SSSR count). The second kappa shape index (κ2) is 7.63. The standard InChI is InChI=1S/C18H18N4O4/c1-12-9-15(7-8-16(12)22(25)26)21-17(23)18(2,24)11-20-14-5-3-13(10-19)4-6-14/h3-9,20,24H,11H2,1-2H3,(H,21,23). The molecule has 0 saturated heterocycles. The number of benzene rings is 2. The Bertz CT molecular complexity index is 870. The predicted molar refractivity (Wildman–Crippen MR) is 96.7 cm³/mol. The molecule has 1 atom stereocenters. The fourth-order valence-corrected chi connectivity index (χ4v) is 2.22. The van der Waals surface area contributed by atoms with Gasteiger partial charge in [0.15, 0.2) is 5.60 Å². The Balaban J connectivity index is 2.01. The number of rotatable bonds is 6. The van der Waals surface area contributed by atoms with Gasteiger partial charge in [-0.1, -0.05) is 0 Å². The van der Waals surface area contributed by atoms with Gasteiger partial charge in [-0.05, 0) is 50.2 Å². The van der Waals surface area contributed by atoms with Gasteiger partial charge in [-0.25, -0.2) is 0 Å². The third kappa shape index (κ3) is 4.55. The minimum absolute atomic E-state index is 0.0442. The van der Waals surface area contributed by atoms with Crippen LogP contribution >= 0.6 is 0 Å². The minimum Gasteiger partial charge on any atom is -0.382 e. The SMILES string of the molecule is Cc1cc(NC(=O)C(C)(O)CNc2ccc(C#N)cc2)ccc1[N+](=O)[O-]. The third-order valence-electron chi connectivity index (χ3n) is 3.79. The van der Waals surface area contributed by atoms with Gasteiger partial charge < -0.3 is 15.7 Å². The monoisotopic (exact) mass is 354 g/mol. The first kappa shape index (κ1) is 18.9. The van der Waals surface area contributed by atoms with E-state index in [1.165, 1.54) is 25.1 Å². The Morgan fingerprint density at radius 1 is 1.27 bits per heavy atom. The predicted octanol–water partition coefficient (Wildman–Crippen LogP) is 2.58. The molecule has 0 aliphatic carbocycles. The maximum atomic E-state index is 12.3. The van der Waals surface area contributed by atoms with Crippen LogP contribution in [0.1, 0.15) is 18.1 Å². The number of aliphatic hydroxyl groups is 1. The lowest BCUT2D eigenvalue weighted by molar-refractivity contribution is -0.385. The van der Waals surface area contributed by atoms with Crippen molar-refractivity contribution in [2.75, 3.05) is 17.2 Å². The summed E-state index contributed by atoms with van der Waals surface area (Å²) in [6, 6.07) is 12.8. The van der Waals surface area contributed by atoms with E-state index in [-0.39, 0.29) is 12.2 Å². The summed E-state index contributed by atoms with van der Waals surface area (Å²) in [4.78, 5) is 22.6. The highest BCUT2D eigenvalue weighted by Gasteiger charge is 2.30. The molecular weight excluding hydrogens is 336 g/mol. The summed E-state index contributed by atoms with van der Waals surface area (Å²) in [5.74, 6) is -0.646. The summed E-state index contributed by atoms with van der Waals surface area (Å²) in [6.07, 6.45) is 0. The van der Waals surface area contributed by atoms with Crippen LogP contribution in [0.4, 0.5) is 17.1 Å². The van der Waals surface area contributed by atoms with Crippen LogP contribution in [0.25, 0.3) is 0 Å². The summed E-state index contributed by atoms with van der Waals surface area (Å²) >= 11 is 0. The normalized spacial score (nSPS) is 12.5. The van der Waals surface area contributed by atoms with Crippen LogP contribution in [0.15, 0.2) is 42.5 Å². The van der Waals surface area contributed by atoms with Gasteiger partial charge in [0.05, 0.1) is 23.1 Å². The summed E-state index contributed by atoms with van der Waals surface area (Å²) in [5, 5.41) is 35.5. The van der Waals surface area contributed by atoms with E-state index in [1.807, 2.05) is 6.07 Å². The van der Waals surface area contributed by atoms with E-state index in [2.05, 4.69) is 10.6 Å². The number of nitriles is 1. The average molecular weight is 354 g/mol. The van der Waals surface area contributed by atoms with E-state index in [9.17, 15) is 20.0 Å². The van der Waals surface area contributed by atoms with Crippen molar-refractivity contribution in [2.45, 2.75) is 19.4 Å². The lowest BCUT2D eigenvalue weighted by atomic mass is 10.1. The number of carbonyl (C=O) groups is 1. The van der Waals surface area contributed by atoms with E-state index in [1.54, 1.807) is 31.2 Å². The minimum atomic E-state index is -1.72. The van der Waals surface area contributed by atoms with Gasteiger partial charge >= 0.3 is 0 Å². The number of aryl methyl sites for hydroxylation is 1. The number of nitro groups is 1. The van der Waals surface area contributed by atoms with Crippen molar-refractivity contribution in [3.63, 3.8) is 0 Å². The Labute approximate surface area is 150 Å². The Morgan fingerprint density at radius 3 is 2.42 bits per heavy atom. The second-order valence-corrected chi connectivity index (χ2v) is 6.03. The first-order valence-electron chi connectivity index (χ1n) is 7.76. The first-order chi connectivity index (χ1) is 12.2. The molecule has 2 aromatic carbocycles. The van der Waals surface area contributed by atoms with Crippen LogP contribution in [0.2, 0.25) is 0 Å². The number of amides is 1. The van der Waals surface area contributed by atoms with Crippen molar-refractivity contribution >= 4 is 23.0 Å². The molecule has 0 aromatic heterocycles. The molecule has 1 amide bonds. The Hall–Kier alpha value is -3.44. The van der Waals surface area contributed by atoms with Crippen LogP contribution in [-0.4, -0.2) is 28.1 Å². The molecule has 3 N–H and O–H groups in total. The van der Waals surface area contributed by atoms with Gasteiger partial charge in [-0.3, -0.25) is 14.9 Å². The highest BCUT2D eigenvalue weighted by molar-refractivity contribution is 5.97. The van der Waals surface area contributed by atoms with Crippen molar-refractivity contribution in [3.05, 3.63) is 63.7 Å². The second-order valence-electron chi connectivity index (χ2n) is 6.03. The van der Waals surface area contributed by atoms with Crippen LogP contribution in [0.3, 0.4) is 0 Å². The van der Waals surface area contributed by atoms with Gasteiger partial charge in [0, 0.05) is 23.0 Å². The topological polar surface area (TPSA) is 128 Å². The molecule has 0 aliphatic rings. The van der Waals surface area contributed by atoms with Crippen molar-refractivity contribution in [3.8, 4) is 6.07 Å². The van der Waals surface area contributed by atoms with Crippen LogP contribution in [0, 0.1) is 28.4 Å². The van der Waals surface area contributed by atoms with E-state index in [0.717, 1.165) is 0 Å². The number of nitrogens with zero attached hydrogens (tertiary/aromatic N) is 2. The Morgan fingerprint density at radius 2 is 1.88 bits per heavy atom. The van der Waals surface area contributed by atoms with Gasteiger partial charge in [0.25, 0.3) is 11.6 Å². The maximum absolute atomic E-state index is 12.3. The van der Waals surface area contributed by atoms with Crippen LogP contribution in [-0.2, 0) is 4.79 Å². The highest BCUT2D eigenvalue weighted by atomic mass is 16.6. The first-order valence-corrected chi connectivity index (χ1v) is 7.76. The number of nitro benzene ring substituents is 1. The Kier molecular flexibility index (Phi) is 5.54. The lowest BCUT2D eigenvalue weighted by Gasteiger charge is -2.23. The summed E-state index contributed by atoms with van der Waals surface area (Å²) in [6.45, 7) is 2.87. The molecule has 0 aliphatic heterocycles. The highest BCUT2D eigenvalue weighted by Crippen LogP contribution is 2.22. The van der Waals surface area contributed by atoms with Crippen molar-refractivity contribution in [2.24, 2.45) is 0 Å². The number of hydrogen-bond acceptors (Lipinski definition) is 6. The molecule has 0 radical (unpaired) electrons. The van der Waals surface area contributed by atoms with E-state index in [4.69, 9.17) is 5.26 Å². The fraction of sp³-hybridized carbons (Fsp3) is 0.222. The molecule has 0 fully saturated rings. The zero-order valence-corrected chi connectivity index (χ0v) is 14.3. The molecule has 0 spiro atoms. The average Bonchev–Trinajstić information content (AvgIpc) is 2.60. The zero-order valence-electron chi connectivity index (χ0n) is 14.3. The molecule has 26 heavy (non-hydrogen) atoms. The largest absolute Gasteiger partial charge is 0.382 e. The fourth-order valence-electron chi connectivity index (χ4n) is 2.22. The summed E-state index contributed by atoms with van der Waals surface area (Å²) < 4.78 is 0. The number of anilines is 2. The molecule has 2 aromatic rings. The zero-order chi connectivity index (χ0) is 19.3. The quantitative estimate of drug-likeness (QED) is 0.540. The summed E-state index contributed by atoms with van der Waals surface area (Å²) in [5.41, 5.74) is 0.165. The summed E-state index contributed by atoms with van der Waals surface area (Å²) in [7, 11) is 0. The molecule has 0 saturated carbocycles. The molecule has 1 unspecified atom stereocenters. The van der Waals surface area contributed by atoms with Crippen molar-refractivity contribution in [1.82, 2.24) is 0 Å². The molecule has 0 bridgehead atoms. The molecule has 0 heterocycles. The van der Waals surface area contributed by atoms with Gasteiger partial charge in [0.2, 0.25) is 0 Å². The van der Waals surface area contributed by atoms with Crippen LogP contribution < -0.4 is 10.6 Å². The molecular formula is C18H18N4O4. The van der Waals surface area contributed by atoms with Crippen molar-refractivity contribution in [1.29, 1.82) is 5.26 Å². The maximum Gasteiger partial charge on any atom is 0.272 e. The smallest absolute Gasteiger partial charge is 0.272 e. The third-order valence-corrected chi connectivity index (χ3v) is 3.79. The van der Waals surface area contributed by atoms with Crippen molar-refractivity contribution < 1.29 is 14.8 Å². The van der Waals surface area contributed by atoms with E-state index < -0.39 is 16.4 Å². The lowest BCUT2D eigenvalue weighted by Crippen LogP contribution is -2.45. The van der Waals surface area contributed by atoms with E-state index in [0.29, 0.717) is 22.5 Å². The number of hydrogen-bond donors (Lipinski definition) is 3. The van der Waals surface area contributed by atoms with Gasteiger partial charge in [-0.2, -0.15) is 5.26 Å². The van der Waals surface area contributed by atoms with Gasteiger partial charge in [-0.15, -0.1) is 0 Å².